The molecule has 1 aliphatic carbocycles. The molecule has 0 amide bonds. The maximum Gasteiger partial charge on any atom is 0.0889 e. The van der Waals surface area contributed by atoms with Gasteiger partial charge in [0.15, 0.2) is 0 Å². The minimum absolute atomic E-state index is 0.108. The van der Waals surface area contributed by atoms with E-state index in [1.165, 1.54) is 18.4 Å². The van der Waals surface area contributed by atoms with E-state index in [-0.39, 0.29) is 11.6 Å². The summed E-state index contributed by atoms with van der Waals surface area (Å²) in [5, 5.41) is 4.27. The Morgan fingerprint density at radius 1 is 1.56 bits per heavy atom. The molecule has 0 aliphatic heterocycles. The van der Waals surface area contributed by atoms with Crippen LogP contribution in [0, 0.1) is 5.92 Å². The molecule has 102 valence electrons. The lowest BCUT2D eigenvalue weighted by molar-refractivity contribution is -0.0976. The molecule has 4 heteroatoms. The van der Waals surface area contributed by atoms with Gasteiger partial charge in [-0.3, -0.25) is 11.3 Å². The second-order valence-electron chi connectivity index (χ2n) is 5.34. The average Bonchev–Trinajstić information content (AvgIpc) is 2.88. The van der Waals surface area contributed by atoms with Gasteiger partial charge in [-0.15, -0.1) is 0 Å². The van der Waals surface area contributed by atoms with Gasteiger partial charge in [0.05, 0.1) is 11.6 Å². The van der Waals surface area contributed by atoms with Crippen molar-refractivity contribution in [1.82, 2.24) is 5.43 Å². The Hall–Kier alpha value is -0.420. The van der Waals surface area contributed by atoms with Crippen molar-refractivity contribution in [2.45, 2.75) is 51.2 Å². The minimum atomic E-state index is -0.128. The van der Waals surface area contributed by atoms with Crippen LogP contribution in [-0.4, -0.2) is 12.2 Å². The van der Waals surface area contributed by atoms with Crippen molar-refractivity contribution < 1.29 is 4.74 Å². The van der Waals surface area contributed by atoms with E-state index in [0.29, 0.717) is 0 Å². The highest BCUT2D eigenvalue weighted by Gasteiger charge is 2.42. The highest BCUT2D eigenvalue weighted by atomic mass is 32.1. The lowest BCUT2D eigenvalue weighted by Gasteiger charge is -2.44. The van der Waals surface area contributed by atoms with Crippen LogP contribution in [-0.2, 0) is 4.74 Å². The first-order valence-corrected chi connectivity index (χ1v) is 7.78. The van der Waals surface area contributed by atoms with Crippen LogP contribution < -0.4 is 11.3 Å². The van der Waals surface area contributed by atoms with E-state index < -0.39 is 0 Å². The zero-order chi connectivity index (χ0) is 13.0. The van der Waals surface area contributed by atoms with Crippen LogP contribution in [0.4, 0.5) is 0 Å². The molecule has 1 aromatic heterocycles. The maximum atomic E-state index is 6.16. The van der Waals surface area contributed by atoms with Gasteiger partial charge in [-0.2, -0.15) is 11.3 Å². The average molecular weight is 268 g/mol. The first-order valence-electron chi connectivity index (χ1n) is 6.84. The van der Waals surface area contributed by atoms with E-state index in [0.717, 1.165) is 25.4 Å². The third-order valence-corrected chi connectivity index (χ3v) is 4.82. The predicted octanol–water partition coefficient (Wildman–Crippen LogP) is 3.24. The predicted molar refractivity (Wildman–Crippen MR) is 76.4 cm³/mol. The summed E-state index contributed by atoms with van der Waals surface area (Å²) in [7, 11) is 0. The van der Waals surface area contributed by atoms with Crippen molar-refractivity contribution in [2.24, 2.45) is 11.8 Å². The zero-order valence-electron chi connectivity index (χ0n) is 11.3. The summed E-state index contributed by atoms with van der Waals surface area (Å²) in [4.78, 5) is 0. The summed E-state index contributed by atoms with van der Waals surface area (Å²) in [6, 6.07) is 2.25. The lowest BCUT2D eigenvalue weighted by atomic mass is 9.74. The van der Waals surface area contributed by atoms with Gasteiger partial charge in [0.1, 0.15) is 0 Å². The van der Waals surface area contributed by atoms with Gasteiger partial charge in [0.2, 0.25) is 0 Å². The summed E-state index contributed by atoms with van der Waals surface area (Å²) in [6.07, 6.45) is 4.63. The molecule has 3 N–H and O–H groups in total. The molecule has 1 fully saturated rings. The van der Waals surface area contributed by atoms with Crippen molar-refractivity contribution in [3.8, 4) is 0 Å². The smallest absolute Gasteiger partial charge is 0.0889 e. The first-order chi connectivity index (χ1) is 8.72. The largest absolute Gasteiger partial charge is 0.373 e. The molecule has 0 aromatic carbocycles. The molecule has 18 heavy (non-hydrogen) atoms. The van der Waals surface area contributed by atoms with Crippen LogP contribution >= 0.6 is 11.3 Å². The molecular weight excluding hydrogens is 244 g/mol. The van der Waals surface area contributed by atoms with Gasteiger partial charge in [-0.1, -0.05) is 6.92 Å². The Kier molecular flexibility index (Phi) is 4.78. The van der Waals surface area contributed by atoms with E-state index in [9.17, 15) is 0 Å². The number of hydrazine groups is 1. The molecule has 0 spiro atoms. The Balaban J connectivity index is 2.22. The number of thiophene rings is 1. The molecule has 2 rings (SSSR count). The van der Waals surface area contributed by atoms with Crippen LogP contribution in [0.25, 0.3) is 0 Å². The second kappa shape index (κ2) is 6.15. The van der Waals surface area contributed by atoms with E-state index in [4.69, 9.17) is 10.6 Å². The number of hydrogen-bond donors (Lipinski definition) is 2. The second-order valence-corrected chi connectivity index (χ2v) is 6.12. The molecule has 1 unspecified atom stereocenters. The third kappa shape index (κ3) is 2.77. The van der Waals surface area contributed by atoms with Crippen molar-refractivity contribution in [1.29, 1.82) is 0 Å². The standard InChI is InChI=1S/C14H24N2OS/c1-3-17-14(7-4-11(2)5-8-14)13(16-15)12-6-9-18-10-12/h6,9-11,13,16H,3-5,7-8,15H2,1-2H3. The van der Waals surface area contributed by atoms with Crippen molar-refractivity contribution in [3.05, 3.63) is 22.4 Å². The highest BCUT2D eigenvalue weighted by Crippen LogP contribution is 2.43. The van der Waals surface area contributed by atoms with E-state index in [2.05, 4.69) is 36.1 Å². The Morgan fingerprint density at radius 2 is 2.28 bits per heavy atom. The van der Waals surface area contributed by atoms with Gasteiger partial charge < -0.3 is 4.74 Å². The molecule has 1 aromatic rings. The van der Waals surface area contributed by atoms with Crippen LogP contribution in [0.15, 0.2) is 16.8 Å². The molecule has 0 saturated heterocycles. The number of rotatable bonds is 5. The van der Waals surface area contributed by atoms with E-state index in [1.807, 2.05) is 0 Å². The summed E-state index contributed by atoms with van der Waals surface area (Å²) < 4.78 is 6.16. The molecule has 1 atom stereocenters. The van der Waals surface area contributed by atoms with E-state index >= 15 is 0 Å². The zero-order valence-corrected chi connectivity index (χ0v) is 12.1. The van der Waals surface area contributed by atoms with Crippen molar-refractivity contribution in [3.63, 3.8) is 0 Å². The Labute approximate surface area is 114 Å². The first kappa shape index (κ1) is 14.0. The fourth-order valence-electron chi connectivity index (χ4n) is 3.05. The van der Waals surface area contributed by atoms with Crippen molar-refractivity contribution >= 4 is 11.3 Å². The number of hydrogen-bond acceptors (Lipinski definition) is 4. The lowest BCUT2D eigenvalue weighted by Crippen LogP contribution is -2.50. The number of ether oxygens (including phenoxy) is 1. The normalized spacial score (nSPS) is 30.3. The fourth-order valence-corrected chi connectivity index (χ4v) is 3.73. The van der Waals surface area contributed by atoms with Crippen molar-refractivity contribution in [2.75, 3.05) is 6.61 Å². The minimum Gasteiger partial charge on any atom is -0.373 e. The summed E-state index contributed by atoms with van der Waals surface area (Å²) >= 11 is 1.71. The highest BCUT2D eigenvalue weighted by molar-refractivity contribution is 7.07. The fraction of sp³-hybridized carbons (Fsp3) is 0.714. The summed E-state index contributed by atoms with van der Waals surface area (Å²) in [6.45, 7) is 5.14. The van der Waals surface area contributed by atoms with Gasteiger partial charge in [0.25, 0.3) is 0 Å². The maximum absolute atomic E-state index is 6.16. The van der Waals surface area contributed by atoms with E-state index in [1.54, 1.807) is 11.3 Å². The molecule has 0 bridgehead atoms. The molecule has 0 radical (unpaired) electrons. The van der Waals surface area contributed by atoms with Gasteiger partial charge in [-0.05, 0) is 60.9 Å². The number of nitrogens with two attached hydrogens (primary N) is 1. The Bertz CT molecular complexity index is 345. The molecule has 1 aliphatic rings. The van der Waals surface area contributed by atoms with Crippen LogP contribution in [0.3, 0.4) is 0 Å². The van der Waals surface area contributed by atoms with Crippen LogP contribution in [0.5, 0.6) is 0 Å². The molecule has 3 nitrogen and oxygen atoms in total. The van der Waals surface area contributed by atoms with Gasteiger partial charge in [-0.25, -0.2) is 0 Å². The summed E-state index contributed by atoms with van der Waals surface area (Å²) in [5.74, 6) is 6.62. The quantitative estimate of drug-likeness (QED) is 0.636. The van der Waals surface area contributed by atoms with Gasteiger partial charge in [0, 0.05) is 6.61 Å². The third-order valence-electron chi connectivity index (χ3n) is 4.12. The SMILES string of the molecule is CCOC1(C(NN)c2ccsc2)CCC(C)CC1. The van der Waals surface area contributed by atoms with Crippen LogP contribution in [0.2, 0.25) is 0 Å². The Morgan fingerprint density at radius 3 is 2.78 bits per heavy atom. The van der Waals surface area contributed by atoms with Gasteiger partial charge >= 0.3 is 0 Å². The topological polar surface area (TPSA) is 47.3 Å². The molecule has 1 saturated carbocycles. The molecular formula is C14H24N2OS. The monoisotopic (exact) mass is 268 g/mol. The van der Waals surface area contributed by atoms with Crippen LogP contribution in [0.1, 0.15) is 51.1 Å². The summed E-state index contributed by atoms with van der Waals surface area (Å²) in [5.41, 5.74) is 4.12. The molecule has 1 heterocycles. The number of nitrogens with one attached hydrogen (secondary N) is 1.